The first kappa shape index (κ1) is 10.7. The second kappa shape index (κ2) is 5.38. The van der Waals surface area contributed by atoms with Gasteiger partial charge in [-0.15, -0.1) is 0 Å². The highest BCUT2D eigenvalue weighted by Crippen LogP contribution is 2.16. The second-order valence-electron chi connectivity index (χ2n) is 4.42. The Kier molecular flexibility index (Phi) is 4.43. The van der Waals surface area contributed by atoms with Crippen molar-refractivity contribution in [1.82, 2.24) is 4.90 Å². The molecule has 0 aromatic carbocycles. The molecule has 2 heteroatoms. The fourth-order valence-corrected chi connectivity index (χ4v) is 1.87. The molecule has 0 aromatic heterocycles. The maximum atomic E-state index is 10.8. The van der Waals surface area contributed by atoms with Gasteiger partial charge in [-0.25, -0.2) is 0 Å². The van der Waals surface area contributed by atoms with Crippen LogP contribution in [0, 0.1) is 5.92 Å². The van der Waals surface area contributed by atoms with Crippen LogP contribution in [0.15, 0.2) is 0 Å². The summed E-state index contributed by atoms with van der Waals surface area (Å²) in [6.07, 6.45) is 5.90. The van der Waals surface area contributed by atoms with Gasteiger partial charge in [-0.1, -0.05) is 20.3 Å². The molecule has 0 bridgehead atoms. The van der Waals surface area contributed by atoms with Crippen LogP contribution in [-0.2, 0) is 4.79 Å². The topological polar surface area (TPSA) is 20.3 Å². The second-order valence-corrected chi connectivity index (χ2v) is 4.42. The van der Waals surface area contributed by atoms with Crippen LogP contribution < -0.4 is 0 Å². The lowest BCUT2D eigenvalue weighted by molar-refractivity contribution is -0.113. The van der Waals surface area contributed by atoms with E-state index in [1.807, 2.05) is 0 Å². The zero-order chi connectivity index (χ0) is 9.68. The van der Waals surface area contributed by atoms with Crippen LogP contribution in [-0.4, -0.2) is 30.3 Å². The van der Waals surface area contributed by atoms with E-state index in [1.165, 1.54) is 19.3 Å². The number of piperidine rings is 1. The van der Waals surface area contributed by atoms with Crippen molar-refractivity contribution < 1.29 is 4.79 Å². The molecule has 1 atom stereocenters. The number of carbonyl (C=O) groups excluding carboxylic acids is 1. The van der Waals surface area contributed by atoms with Crippen LogP contribution in [0.4, 0.5) is 0 Å². The summed E-state index contributed by atoms with van der Waals surface area (Å²) in [6.45, 7) is 6.69. The van der Waals surface area contributed by atoms with Gasteiger partial charge in [-0.2, -0.15) is 0 Å². The van der Waals surface area contributed by atoms with Crippen molar-refractivity contribution in [3.63, 3.8) is 0 Å². The molecule has 76 valence electrons. The Morgan fingerprint density at radius 3 is 2.85 bits per heavy atom. The molecule has 13 heavy (non-hydrogen) atoms. The first-order valence-electron chi connectivity index (χ1n) is 5.43. The Bertz CT molecular complexity index is 156. The molecule has 1 rings (SSSR count). The number of likely N-dealkylation sites (tertiary alicyclic amines) is 1. The number of aldehydes is 1. The van der Waals surface area contributed by atoms with Crippen molar-refractivity contribution in [2.45, 2.75) is 45.6 Å². The van der Waals surface area contributed by atoms with Crippen LogP contribution in [0.25, 0.3) is 0 Å². The Labute approximate surface area is 81.3 Å². The molecule has 0 aromatic rings. The van der Waals surface area contributed by atoms with E-state index in [4.69, 9.17) is 0 Å². The maximum Gasteiger partial charge on any atom is 0.137 e. The molecule has 1 heterocycles. The summed E-state index contributed by atoms with van der Waals surface area (Å²) in [7, 11) is 0. The largest absolute Gasteiger partial charge is 0.302 e. The summed E-state index contributed by atoms with van der Waals surface area (Å²) in [6, 6.07) is 0.215. The number of rotatable bonds is 4. The van der Waals surface area contributed by atoms with Gasteiger partial charge in [0.15, 0.2) is 0 Å². The van der Waals surface area contributed by atoms with Crippen molar-refractivity contribution >= 4 is 6.29 Å². The zero-order valence-electron chi connectivity index (χ0n) is 8.83. The average molecular weight is 183 g/mol. The number of hydrogen-bond acceptors (Lipinski definition) is 2. The van der Waals surface area contributed by atoms with Gasteiger partial charge in [0.2, 0.25) is 0 Å². The molecule has 0 amide bonds. The molecule has 0 N–H and O–H groups in total. The lowest BCUT2D eigenvalue weighted by Crippen LogP contribution is -2.41. The Morgan fingerprint density at radius 2 is 2.23 bits per heavy atom. The van der Waals surface area contributed by atoms with Crippen molar-refractivity contribution in [2.75, 3.05) is 13.1 Å². The maximum absolute atomic E-state index is 10.8. The van der Waals surface area contributed by atoms with Crippen LogP contribution in [0.3, 0.4) is 0 Å². The third kappa shape index (κ3) is 3.47. The van der Waals surface area contributed by atoms with Gasteiger partial charge in [0.25, 0.3) is 0 Å². The predicted molar refractivity (Wildman–Crippen MR) is 54.7 cm³/mol. The monoisotopic (exact) mass is 183 g/mol. The molecular formula is C11H21NO. The molecule has 0 radical (unpaired) electrons. The van der Waals surface area contributed by atoms with Crippen molar-refractivity contribution in [1.29, 1.82) is 0 Å². The predicted octanol–water partition coefficient (Wildman–Crippen LogP) is 2.09. The van der Waals surface area contributed by atoms with Gasteiger partial charge in [-0.3, -0.25) is 4.90 Å². The van der Waals surface area contributed by atoms with Gasteiger partial charge in [0.05, 0.1) is 6.04 Å². The van der Waals surface area contributed by atoms with E-state index in [1.54, 1.807) is 0 Å². The first-order valence-corrected chi connectivity index (χ1v) is 5.43. The summed E-state index contributed by atoms with van der Waals surface area (Å²) in [5.41, 5.74) is 0. The molecule has 1 saturated heterocycles. The van der Waals surface area contributed by atoms with E-state index < -0.39 is 0 Å². The molecule has 2 nitrogen and oxygen atoms in total. The number of nitrogens with zero attached hydrogens (tertiary/aromatic N) is 1. The Balaban J connectivity index is 2.31. The van der Waals surface area contributed by atoms with Gasteiger partial charge in [-0.05, 0) is 38.3 Å². The summed E-state index contributed by atoms with van der Waals surface area (Å²) in [4.78, 5) is 13.1. The Morgan fingerprint density at radius 1 is 1.46 bits per heavy atom. The summed E-state index contributed by atoms with van der Waals surface area (Å²) in [5.74, 6) is 0.745. The normalized spacial score (nSPS) is 25.0. The number of hydrogen-bond donors (Lipinski definition) is 0. The molecule has 0 saturated carbocycles. The highest BCUT2D eigenvalue weighted by Gasteiger charge is 2.20. The SMILES string of the molecule is CC(C)CCN1CCCCC1C=O. The molecule has 1 aliphatic heterocycles. The van der Waals surface area contributed by atoms with Gasteiger partial charge < -0.3 is 4.79 Å². The fraction of sp³-hybridized carbons (Fsp3) is 0.909. The van der Waals surface area contributed by atoms with Crippen molar-refractivity contribution in [3.05, 3.63) is 0 Å². The average Bonchev–Trinajstić information content (AvgIpc) is 2.15. The Hall–Kier alpha value is -0.370. The molecule has 1 aliphatic rings. The third-order valence-electron chi connectivity index (χ3n) is 2.81. The van der Waals surface area contributed by atoms with E-state index in [2.05, 4.69) is 18.7 Å². The van der Waals surface area contributed by atoms with Crippen molar-refractivity contribution in [2.24, 2.45) is 5.92 Å². The standard InChI is InChI=1S/C11H21NO/c1-10(2)6-8-12-7-4-3-5-11(12)9-13/h9-11H,3-8H2,1-2H3. The number of carbonyl (C=O) groups is 1. The summed E-state index contributed by atoms with van der Waals surface area (Å²) in [5, 5.41) is 0. The van der Waals surface area contributed by atoms with E-state index in [0.717, 1.165) is 31.7 Å². The zero-order valence-corrected chi connectivity index (χ0v) is 8.83. The molecule has 0 aliphatic carbocycles. The fourth-order valence-electron chi connectivity index (χ4n) is 1.87. The molecule has 1 unspecified atom stereocenters. The summed E-state index contributed by atoms with van der Waals surface area (Å²) >= 11 is 0. The van der Waals surface area contributed by atoms with Crippen molar-refractivity contribution in [3.8, 4) is 0 Å². The van der Waals surface area contributed by atoms with Crippen LogP contribution in [0.1, 0.15) is 39.5 Å². The highest BCUT2D eigenvalue weighted by atomic mass is 16.1. The van der Waals surface area contributed by atoms with E-state index in [9.17, 15) is 4.79 Å². The third-order valence-corrected chi connectivity index (χ3v) is 2.81. The molecule has 0 spiro atoms. The lowest BCUT2D eigenvalue weighted by atomic mass is 10.0. The van der Waals surface area contributed by atoms with E-state index >= 15 is 0 Å². The molecular weight excluding hydrogens is 162 g/mol. The van der Waals surface area contributed by atoms with Gasteiger partial charge in [0.1, 0.15) is 6.29 Å². The summed E-state index contributed by atoms with van der Waals surface area (Å²) < 4.78 is 0. The smallest absolute Gasteiger partial charge is 0.137 e. The van der Waals surface area contributed by atoms with Crippen LogP contribution >= 0.6 is 0 Å². The van der Waals surface area contributed by atoms with E-state index in [-0.39, 0.29) is 6.04 Å². The van der Waals surface area contributed by atoms with Crippen LogP contribution in [0.5, 0.6) is 0 Å². The quantitative estimate of drug-likeness (QED) is 0.622. The van der Waals surface area contributed by atoms with Crippen LogP contribution in [0.2, 0.25) is 0 Å². The van der Waals surface area contributed by atoms with Gasteiger partial charge >= 0.3 is 0 Å². The van der Waals surface area contributed by atoms with E-state index in [0.29, 0.717) is 0 Å². The minimum atomic E-state index is 0.215. The minimum Gasteiger partial charge on any atom is -0.302 e. The highest BCUT2D eigenvalue weighted by molar-refractivity contribution is 5.57. The lowest BCUT2D eigenvalue weighted by Gasteiger charge is -2.32. The van der Waals surface area contributed by atoms with Gasteiger partial charge in [0, 0.05) is 0 Å². The minimum absolute atomic E-state index is 0.215. The first-order chi connectivity index (χ1) is 6.24. The molecule has 1 fully saturated rings.